The molecule has 2 heterocycles. The summed E-state index contributed by atoms with van der Waals surface area (Å²) in [5.41, 5.74) is 3.37. The molecule has 1 aliphatic heterocycles. The van der Waals surface area contributed by atoms with Crippen molar-refractivity contribution in [2.24, 2.45) is 4.99 Å². The summed E-state index contributed by atoms with van der Waals surface area (Å²) in [6.45, 7) is 2.08. The zero-order valence-corrected chi connectivity index (χ0v) is 17.2. The molecule has 1 amide bonds. The first-order valence-electron chi connectivity index (χ1n) is 8.67. The molecule has 0 unspecified atom stereocenters. The van der Waals surface area contributed by atoms with Crippen LogP contribution in [0.3, 0.4) is 0 Å². The highest BCUT2D eigenvalue weighted by Crippen LogP contribution is 2.35. The molecule has 0 radical (unpaired) electrons. The predicted octanol–water partition coefficient (Wildman–Crippen LogP) is 6.00. The van der Waals surface area contributed by atoms with Crippen molar-refractivity contribution >= 4 is 68.7 Å². The largest absolute Gasteiger partial charge is 0.300 e. The Morgan fingerprint density at radius 3 is 2.68 bits per heavy atom. The zero-order valence-electron chi connectivity index (χ0n) is 14.9. The Morgan fingerprint density at radius 1 is 1.14 bits per heavy atom. The number of aryl methyl sites for hydroxylation is 1. The summed E-state index contributed by atoms with van der Waals surface area (Å²) in [5.74, 6) is -0.202. The Kier molecular flexibility index (Phi) is 5.40. The smallest absolute Gasteiger partial charge is 0.264 e. The first-order valence-corrected chi connectivity index (χ1v) is 10.2. The van der Waals surface area contributed by atoms with E-state index in [-0.39, 0.29) is 5.91 Å². The van der Waals surface area contributed by atoms with Gasteiger partial charge < -0.3 is 5.32 Å². The van der Waals surface area contributed by atoms with Crippen molar-refractivity contribution in [1.29, 1.82) is 0 Å². The minimum Gasteiger partial charge on any atom is -0.300 e. The number of nitrogens with one attached hydrogen (secondary N) is 1. The summed E-state index contributed by atoms with van der Waals surface area (Å²) in [7, 11) is 0. The third-order valence-electron chi connectivity index (χ3n) is 4.23. The van der Waals surface area contributed by atoms with Crippen LogP contribution in [0.5, 0.6) is 0 Å². The number of carbonyl (C=O) groups is 1. The minimum atomic E-state index is -0.202. The molecule has 140 valence electrons. The van der Waals surface area contributed by atoms with Crippen LogP contribution in [0.4, 0.5) is 5.69 Å². The lowest BCUT2D eigenvalue weighted by atomic mass is 10.1. The average Bonchev–Trinajstić information content (AvgIpc) is 3.03. The molecule has 3 aromatic rings. The van der Waals surface area contributed by atoms with Crippen molar-refractivity contribution < 1.29 is 4.79 Å². The van der Waals surface area contributed by atoms with Gasteiger partial charge in [0.25, 0.3) is 5.91 Å². The number of amides is 1. The Hall–Kier alpha value is -2.34. The van der Waals surface area contributed by atoms with Gasteiger partial charge in [0.1, 0.15) is 5.69 Å². The summed E-state index contributed by atoms with van der Waals surface area (Å²) in [6.07, 6.45) is 2.74. The fraction of sp³-hybridized carbons (Fsp3) is 0.0952. The quantitative estimate of drug-likeness (QED) is 0.521. The van der Waals surface area contributed by atoms with E-state index < -0.39 is 0 Å². The second-order valence-corrected chi connectivity index (χ2v) is 8.01. The number of rotatable bonds is 3. The Labute approximate surface area is 176 Å². The van der Waals surface area contributed by atoms with Crippen LogP contribution in [0, 0.1) is 0 Å². The molecular weight excluding hydrogens is 413 g/mol. The maximum Gasteiger partial charge on any atom is 0.264 e. The number of halogens is 2. The van der Waals surface area contributed by atoms with E-state index in [1.807, 2.05) is 30.3 Å². The van der Waals surface area contributed by atoms with Crippen molar-refractivity contribution in [2.75, 3.05) is 0 Å². The molecule has 0 spiro atoms. The highest BCUT2D eigenvalue weighted by molar-refractivity contribution is 8.18. The van der Waals surface area contributed by atoms with E-state index >= 15 is 0 Å². The maximum atomic E-state index is 12.3. The number of carbonyl (C=O) groups excluding carboxylic acids is 1. The van der Waals surface area contributed by atoms with E-state index in [4.69, 9.17) is 23.2 Å². The number of hydrogen-bond acceptors (Lipinski definition) is 4. The monoisotopic (exact) mass is 427 g/mol. The molecular formula is C21H15Cl2N3OS. The van der Waals surface area contributed by atoms with Gasteiger partial charge >= 0.3 is 0 Å². The van der Waals surface area contributed by atoms with Crippen molar-refractivity contribution in [3.05, 3.63) is 74.7 Å². The molecule has 7 heteroatoms. The SMILES string of the molecule is CCc1ccc2cc(C=C3SC(=Nc4c(Cl)cccc4Cl)NC3=O)ccc2n1. The van der Waals surface area contributed by atoms with Crippen molar-refractivity contribution in [1.82, 2.24) is 10.3 Å². The summed E-state index contributed by atoms with van der Waals surface area (Å²) >= 11 is 13.6. The van der Waals surface area contributed by atoms with Gasteiger partial charge in [-0.3, -0.25) is 9.78 Å². The second-order valence-electron chi connectivity index (χ2n) is 6.16. The lowest BCUT2D eigenvalue weighted by Crippen LogP contribution is -2.19. The number of aliphatic imine (C=N–C) groups is 1. The highest BCUT2D eigenvalue weighted by Gasteiger charge is 2.24. The molecule has 1 saturated heterocycles. The van der Waals surface area contributed by atoms with Crippen molar-refractivity contribution in [2.45, 2.75) is 13.3 Å². The zero-order chi connectivity index (χ0) is 19.7. The molecule has 1 fully saturated rings. The summed E-state index contributed by atoms with van der Waals surface area (Å²) < 4.78 is 0. The number of aromatic nitrogens is 1. The first-order chi connectivity index (χ1) is 13.5. The number of hydrogen-bond donors (Lipinski definition) is 1. The molecule has 1 N–H and O–H groups in total. The van der Waals surface area contributed by atoms with Crippen LogP contribution in [-0.4, -0.2) is 16.1 Å². The average molecular weight is 428 g/mol. The third-order valence-corrected chi connectivity index (χ3v) is 5.75. The number of para-hydroxylation sites is 1. The van der Waals surface area contributed by atoms with E-state index in [1.54, 1.807) is 18.2 Å². The minimum absolute atomic E-state index is 0.202. The summed E-state index contributed by atoms with van der Waals surface area (Å²) in [5, 5.41) is 5.10. The van der Waals surface area contributed by atoms with Crippen LogP contribution in [0.15, 0.2) is 58.4 Å². The Morgan fingerprint density at radius 2 is 1.93 bits per heavy atom. The maximum absolute atomic E-state index is 12.3. The molecule has 1 aromatic heterocycles. The van der Waals surface area contributed by atoms with Gasteiger partial charge in [0, 0.05) is 11.1 Å². The van der Waals surface area contributed by atoms with Gasteiger partial charge in [-0.05, 0) is 60.2 Å². The summed E-state index contributed by atoms with van der Waals surface area (Å²) in [6, 6.07) is 15.2. The molecule has 0 aliphatic carbocycles. The molecule has 4 rings (SSSR count). The number of pyridine rings is 1. The van der Waals surface area contributed by atoms with Crippen LogP contribution in [0.25, 0.3) is 17.0 Å². The van der Waals surface area contributed by atoms with Crippen molar-refractivity contribution in [3.63, 3.8) is 0 Å². The number of benzene rings is 2. The van der Waals surface area contributed by atoms with Gasteiger partial charge in [0.05, 0.1) is 20.5 Å². The van der Waals surface area contributed by atoms with Gasteiger partial charge in [-0.1, -0.05) is 48.3 Å². The predicted molar refractivity (Wildman–Crippen MR) is 118 cm³/mol. The number of fused-ring (bicyclic) bond motifs is 1. The molecule has 0 saturated carbocycles. The van der Waals surface area contributed by atoms with Crippen LogP contribution in [0.2, 0.25) is 10.0 Å². The lowest BCUT2D eigenvalue weighted by molar-refractivity contribution is -0.115. The number of thioether (sulfide) groups is 1. The van der Waals surface area contributed by atoms with Crippen LogP contribution >= 0.6 is 35.0 Å². The van der Waals surface area contributed by atoms with Gasteiger partial charge in [-0.2, -0.15) is 0 Å². The fourth-order valence-corrected chi connectivity index (χ4v) is 4.11. The Balaban J connectivity index is 1.63. The van der Waals surface area contributed by atoms with Crippen LogP contribution in [0.1, 0.15) is 18.2 Å². The van der Waals surface area contributed by atoms with Crippen LogP contribution in [-0.2, 0) is 11.2 Å². The van der Waals surface area contributed by atoms with Gasteiger partial charge in [-0.25, -0.2) is 4.99 Å². The molecule has 0 atom stereocenters. The topological polar surface area (TPSA) is 54.4 Å². The molecule has 0 bridgehead atoms. The first kappa shape index (κ1) is 19.0. The second kappa shape index (κ2) is 7.95. The molecule has 4 nitrogen and oxygen atoms in total. The van der Waals surface area contributed by atoms with Crippen LogP contribution < -0.4 is 5.32 Å². The van der Waals surface area contributed by atoms with E-state index in [0.717, 1.165) is 28.6 Å². The van der Waals surface area contributed by atoms with E-state index in [0.29, 0.717) is 25.8 Å². The third kappa shape index (κ3) is 3.92. The molecule has 2 aromatic carbocycles. The Bertz CT molecular complexity index is 1140. The highest BCUT2D eigenvalue weighted by atomic mass is 35.5. The lowest BCUT2D eigenvalue weighted by Gasteiger charge is -2.02. The van der Waals surface area contributed by atoms with E-state index in [1.165, 1.54) is 11.8 Å². The van der Waals surface area contributed by atoms with Gasteiger partial charge in [0.2, 0.25) is 0 Å². The van der Waals surface area contributed by atoms with E-state index in [2.05, 4.69) is 28.3 Å². The van der Waals surface area contributed by atoms with Crippen molar-refractivity contribution in [3.8, 4) is 0 Å². The van der Waals surface area contributed by atoms with Gasteiger partial charge in [-0.15, -0.1) is 0 Å². The summed E-state index contributed by atoms with van der Waals surface area (Å²) in [4.78, 5) is 21.9. The molecule has 28 heavy (non-hydrogen) atoms. The number of amidine groups is 1. The van der Waals surface area contributed by atoms with Gasteiger partial charge in [0.15, 0.2) is 5.17 Å². The van der Waals surface area contributed by atoms with E-state index in [9.17, 15) is 4.79 Å². The number of nitrogens with zero attached hydrogens (tertiary/aromatic N) is 2. The normalized spacial score (nSPS) is 16.9. The fourth-order valence-electron chi connectivity index (χ4n) is 2.80. The molecule has 1 aliphatic rings. The standard InChI is InChI=1S/C21H15Cl2N3OS/c1-2-14-8-7-13-10-12(6-9-17(13)24-14)11-18-20(27)26-21(28-18)25-19-15(22)4-3-5-16(19)23/h3-11H,2H2,1H3,(H,25,26,27).